The maximum Gasteiger partial charge on any atom is 0.252 e. The SMILES string of the molecule is CC(C)c1cc(C(=O)N[C@H](C)[C@@H]2CCCO2)cs1. The molecule has 1 aliphatic rings. The Morgan fingerprint density at radius 2 is 2.28 bits per heavy atom. The molecule has 0 bridgehead atoms. The number of amides is 1. The highest BCUT2D eigenvalue weighted by molar-refractivity contribution is 7.10. The lowest BCUT2D eigenvalue weighted by molar-refractivity contribution is 0.0712. The zero-order valence-electron chi connectivity index (χ0n) is 11.2. The summed E-state index contributed by atoms with van der Waals surface area (Å²) in [6.45, 7) is 7.12. The molecular formula is C14H21NO2S. The third kappa shape index (κ3) is 3.12. The van der Waals surface area contributed by atoms with Gasteiger partial charge in [-0.2, -0.15) is 0 Å². The highest BCUT2D eigenvalue weighted by Crippen LogP contribution is 2.23. The summed E-state index contributed by atoms with van der Waals surface area (Å²) in [6.07, 6.45) is 2.32. The van der Waals surface area contributed by atoms with Gasteiger partial charge in [0, 0.05) is 16.9 Å². The Labute approximate surface area is 113 Å². The lowest BCUT2D eigenvalue weighted by Gasteiger charge is -2.19. The molecule has 0 unspecified atom stereocenters. The molecule has 1 N–H and O–H groups in total. The Balaban J connectivity index is 1.93. The van der Waals surface area contributed by atoms with Gasteiger partial charge in [0.25, 0.3) is 5.91 Å². The van der Waals surface area contributed by atoms with Crippen molar-refractivity contribution in [3.8, 4) is 0 Å². The molecule has 3 nitrogen and oxygen atoms in total. The number of hydrogen-bond acceptors (Lipinski definition) is 3. The van der Waals surface area contributed by atoms with E-state index < -0.39 is 0 Å². The molecule has 0 aliphatic carbocycles. The number of carbonyl (C=O) groups excluding carboxylic acids is 1. The summed E-state index contributed by atoms with van der Waals surface area (Å²) in [7, 11) is 0. The summed E-state index contributed by atoms with van der Waals surface area (Å²) in [5, 5.41) is 4.97. The predicted molar refractivity (Wildman–Crippen MR) is 74.3 cm³/mol. The van der Waals surface area contributed by atoms with E-state index in [1.54, 1.807) is 11.3 Å². The average Bonchev–Trinajstić information content (AvgIpc) is 3.00. The maximum atomic E-state index is 12.1. The van der Waals surface area contributed by atoms with Crippen molar-refractivity contribution in [3.05, 3.63) is 21.9 Å². The summed E-state index contributed by atoms with van der Waals surface area (Å²) in [5.74, 6) is 0.494. The molecule has 1 saturated heterocycles. The molecule has 4 heteroatoms. The third-order valence-corrected chi connectivity index (χ3v) is 4.57. The van der Waals surface area contributed by atoms with Crippen LogP contribution in [0, 0.1) is 0 Å². The van der Waals surface area contributed by atoms with Crippen LogP contribution in [-0.2, 0) is 4.74 Å². The summed E-state index contributed by atoms with van der Waals surface area (Å²) >= 11 is 1.65. The zero-order valence-corrected chi connectivity index (χ0v) is 12.0. The van der Waals surface area contributed by atoms with E-state index in [9.17, 15) is 4.79 Å². The van der Waals surface area contributed by atoms with E-state index in [2.05, 4.69) is 19.2 Å². The molecule has 0 radical (unpaired) electrons. The highest BCUT2D eigenvalue weighted by atomic mass is 32.1. The molecule has 100 valence electrons. The molecule has 1 fully saturated rings. The molecule has 0 aromatic carbocycles. The van der Waals surface area contributed by atoms with Crippen molar-refractivity contribution in [2.24, 2.45) is 0 Å². The van der Waals surface area contributed by atoms with Gasteiger partial charge in [0.2, 0.25) is 0 Å². The summed E-state index contributed by atoms with van der Waals surface area (Å²) in [5.41, 5.74) is 0.772. The van der Waals surface area contributed by atoms with Crippen molar-refractivity contribution in [1.82, 2.24) is 5.32 Å². The standard InChI is InChI=1S/C14H21NO2S/c1-9(2)13-7-11(8-18-13)14(16)15-10(3)12-5-4-6-17-12/h7-10,12H,4-6H2,1-3H3,(H,15,16)/t10-,12+/m1/s1. The topological polar surface area (TPSA) is 38.3 Å². The van der Waals surface area contributed by atoms with Gasteiger partial charge >= 0.3 is 0 Å². The summed E-state index contributed by atoms with van der Waals surface area (Å²) < 4.78 is 5.58. The summed E-state index contributed by atoms with van der Waals surface area (Å²) in [6, 6.07) is 2.08. The van der Waals surface area contributed by atoms with E-state index in [0.717, 1.165) is 25.0 Å². The van der Waals surface area contributed by atoms with Crippen LogP contribution in [0.1, 0.15) is 54.8 Å². The monoisotopic (exact) mass is 267 g/mol. The van der Waals surface area contributed by atoms with Crippen molar-refractivity contribution in [2.75, 3.05) is 6.61 Å². The van der Waals surface area contributed by atoms with Crippen LogP contribution >= 0.6 is 11.3 Å². The molecule has 2 atom stereocenters. The molecule has 1 aromatic heterocycles. The largest absolute Gasteiger partial charge is 0.376 e. The third-order valence-electron chi connectivity index (χ3n) is 3.33. The van der Waals surface area contributed by atoms with Crippen LogP contribution < -0.4 is 5.32 Å². The maximum absolute atomic E-state index is 12.1. The Bertz CT molecular complexity index is 408. The first-order chi connectivity index (χ1) is 8.58. The highest BCUT2D eigenvalue weighted by Gasteiger charge is 2.24. The molecule has 2 heterocycles. The Morgan fingerprint density at radius 1 is 1.50 bits per heavy atom. The minimum atomic E-state index is 0.0150. The molecule has 18 heavy (non-hydrogen) atoms. The number of rotatable bonds is 4. The van der Waals surface area contributed by atoms with Crippen LogP contribution in [0.4, 0.5) is 0 Å². The van der Waals surface area contributed by atoms with Crippen LogP contribution in [0.5, 0.6) is 0 Å². The zero-order chi connectivity index (χ0) is 13.1. The normalized spacial score (nSPS) is 21.2. The minimum Gasteiger partial charge on any atom is -0.376 e. The fraction of sp³-hybridized carbons (Fsp3) is 0.643. The molecule has 0 spiro atoms. The van der Waals surface area contributed by atoms with Crippen molar-refractivity contribution in [3.63, 3.8) is 0 Å². The van der Waals surface area contributed by atoms with E-state index in [0.29, 0.717) is 5.92 Å². The second-order valence-corrected chi connectivity index (χ2v) is 6.15. The van der Waals surface area contributed by atoms with E-state index in [1.807, 2.05) is 18.4 Å². The molecule has 1 aromatic rings. The van der Waals surface area contributed by atoms with Gasteiger partial charge in [-0.15, -0.1) is 11.3 Å². The van der Waals surface area contributed by atoms with E-state index in [1.165, 1.54) is 4.88 Å². The number of ether oxygens (including phenoxy) is 1. The fourth-order valence-electron chi connectivity index (χ4n) is 2.15. The minimum absolute atomic E-state index is 0.0150. The van der Waals surface area contributed by atoms with Gasteiger partial charge in [0.1, 0.15) is 0 Å². The van der Waals surface area contributed by atoms with Gasteiger partial charge in [-0.3, -0.25) is 4.79 Å². The van der Waals surface area contributed by atoms with Crippen molar-refractivity contribution in [1.29, 1.82) is 0 Å². The number of nitrogens with one attached hydrogen (secondary N) is 1. The quantitative estimate of drug-likeness (QED) is 0.910. The lowest BCUT2D eigenvalue weighted by atomic mass is 10.1. The molecule has 1 aliphatic heterocycles. The predicted octanol–water partition coefficient (Wildman–Crippen LogP) is 3.17. The Morgan fingerprint density at radius 3 is 2.83 bits per heavy atom. The van der Waals surface area contributed by atoms with Crippen LogP contribution in [0.25, 0.3) is 0 Å². The molecule has 2 rings (SSSR count). The van der Waals surface area contributed by atoms with E-state index in [-0.39, 0.29) is 18.1 Å². The van der Waals surface area contributed by atoms with Crippen LogP contribution in [0.15, 0.2) is 11.4 Å². The number of hydrogen-bond donors (Lipinski definition) is 1. The smallest absolute Gasteiger partial charge is 0.252 e. The number of thiophene rings is 1. The van der Waals surface area contributed by atoms with Gasteiger partial charge in [-0.05, 0) is 31.7 Å². The van der Waals surface area contributed by atoms with Gasteiger partial charge in [0.05, 0.1) is 17.7 Å². The van der Waals surface area contributed by atoms with Gasteiger partial charge in [-0.25, -0.2) is 0 Å². The van der Waals surface area contributed by atoms with Crippen molar-refractivity contribution < 1.29 is 9.53 Å². The Kier molecular flexibility index (Phi) is 4.40. The van der Waals surface area contributed by atoms with Gasteiger partial charge < -0.3 is 10.1 Å². The molecule has 0 saturated carbocycles. The van der Waals surface area contributed by atoms with Crippen molar-refractivity contribution in [2.45, 2.75) is 51.7 Å². The van der Waals surface area contributed by atoms with Gasteiger partial charge in [-0.1, -0.05) is 13.8 Å². The van der Waals surface area contributed by atoms with Crippen LogP contribution in [-0.4, -0.2) is 24.7 Å². The number of carbonyl (C=O) groups is 1. The molecular weight excluding hydrogens is 246 g/mol. The van der Waals surface area contributed by atoms with Crippen LogP contribution in [0.3, 0.4) is 0 Å². The Hall–Kier alpha value is -0.870. The van der Waals surface area contributed by atoms with Crippen LogP contribution in [0.2, 0.25) is 0 Å². The van der Waals surface area contributed by atoms with Crippen molar-refractivity contribution >= 4 is 17.2 Å². The average molecular weight is 267 g/mol. The summed E-state index contributed by atoms with van der Waals surface area (Å²) in [4.78, 5) is 13.3. The first kappa shape index (κ1) is 13.6. The lowest BCUT2D eigenvalue weighted by Crippen LogP contribution is -2.40. The van der Waals surface area contributed by atoms with E-state index in [4.69, 9.17) is 4.74 Å². The fourth-order valence-corrected chi connectivity index (χ4v) is 3.06. The van der Waals surface area contributed by atoms with Gasteiger partial charge in [0.15, 0.2) is 0 Å². The second kappa shape index (κ2) is 5.85. The first-order valence-electron chi connectivity index (χ1n) is 6.59. The first-order valence-corrected chi connectivity index (χ1v) is 7.46. The van der Waals surface area contributed by atoms with E-state index >= 15 is 0 Å². The second-order valence-electron chi connectivity index (χ2n) is 5.21. The molecule has 1 amide bonds.